The molecule has 1 aliphatic rings. The molecule has 160 valence electrons. The maximum Gasteiger partial charge on any atom is 0.306 e. The highest BCUT2D eigenvalue weighted by Crippen LogP contribution is 2.18. The largest absolute Gasteiger partial charge is 0.460 e. The molecular weight excluding hydrogens is 457 g/mol. The van der Waals surface area contributed by atoms with E-state index in [1.54, 1.807) is 0 Å². The average molecular weight is 497 g/mol. The van der Waals surface area contributed by atoms with E-state index in [0.717, 1.165) is 70.4 Å². The van der Waals surface area contributed by atoms with Crippen LogP contribution in [0.4, 0.5) is 0 Å². The number of nitrogens with zero attached hydrogens (tertiary/aromatic N) is 1. The van der Waals surface area contributed by atoms with Crippen molar-refractivity contribution >= 4 is 35.9 Å². The molecule has 0 heterocycles. The summed E-state index contributed by atoms with van der Waals surface area (Å²) >= 11 is 0. The van der Waals surface area contributed by atoms with E-state index in [9.17, 15) is 9.90 Å². The number of nitrogens with one attached hydrogen (secondary N) is 2. The number of aliphatic hydroxyl groups excluding tert-OH is 1. The Morgan fingerprint density at radius 2 is 1.74 bits per heavy atom. The molecule has 0 saturated heterocycles. The average Bonchev–Trinajstić information content (AvgIpc) is 2.54. The van der Waals surface area contributed by atoms with Crippen molar-refractivity contribution in [2.45, 2.75) is 103 Å². The van der Waals surface area contributed by atoms with Gasteiger partial charge in [-0.15, -0.1) is 24.0 Å². The number of rotatable bonds is 9. The van der Waals surface area contributed by atoms with Crippen LogP contribution >= 0.6 is 24.0 Å². The summed E-state index contributed by atoms with van der Waals surface area (Å²) in [4.78, 5) is 16.3. The highest BCUT2D eigenvalue weighted by Gasteiger charge is 2.20. The van der Waals surface area contributed by atoms with Gasteiger partial charge in [-0.2, -0.15) is 0 Å². The number of hydrogen-bond acceptors (Lipinski definition) is 4. The van der Waals surface area contributed by atoms with Crippen molar-refractivity contribution in [2.75, 3.05) is 13.1 Å². The van der Waals surface area contributed by atoms with Gasteiger partial charge in [0.1, 0.15) is 5.60 Å². The SMILES string of the molecule is CCNC(=NCCCCCCC(=O)OC(C)(C)C)NC1CCC(O)CC1.I. The first kappa shape index (κ1) is 26.4. The Morgan fingerprint density at radius 3 is 2.33 bits per heavy atom. The van der Waals surface area contributed by atoms with Crippen LogP contribution in [0, 0.1) is 0 Å². The molecular formula is C20H40IN3O3. The van der Waals surface area contributed by atoms with E-state index in [2.05, 4.69) is 22.5 Å². The highest BCUT2D eigenvalue weighted by atomic mass is 127. The predicted molar refractivity (Wildman–Crippen MR) is 122 cm³/mol. The third-order valence-electron chi connectivity index (χ3n) is 4.36. The van der Waals surface area contributed by atoms with Crippen molar-refractivity contribution in [3.05, 3.63) is 0 Å². The van der Waals surface area contributed by atoms with E-state index in [1.807, 2.05) is 20.8 Å². The van der Waals surface area contributed by atoms with Crippen LogP contribution in [0.3, 0.4) is 0 Å². The summed E-state index contributed by atoms with van der Waals surface area (Å²) < 4.78 is 5.31. The summed E-state index contributed by atoms with van der Waals surface area (Å²) in [5, 5.41) is 16.4. The van der Waals surface area contributed by atoms with Gasteiger partial charge in [-0.3, -0.25) is 9.79 Å². The summed E-state index contributed by atoms with van der Waals surface area (Å²) in [5.41, 5.74) is -0.391. The second kappa shape index (κ2) is 14.4. The third kappa shape index (κ3) is 14.1. The molecule has 0 unspecified atom stereocenters. The monoisotopic (exact) mass is 497 g/mol. The topological polar surface area (TPSA) is 83.0 Å². The minimum atomic E-state index is -0.391. The van der Waals surface area contributed by atoms with E-state index >= 15 is 0 Å². The minimum Gasteiger partial charge on any atom is -0.460 e. The fourth-order valence-corrected chi connectivity index (χ4v) is 3.05. The molecule has 1 aliphatic carbocycles. The molecule has 1 fully saturated rings. The Hall–Kier alpha value is -0.570. The van der Waals surface area contributed by atoms with Gasteiger partial charge in [0.25, 0.3) is 0 Å². The first-order valence-electron chi connectivity index (χ1n) is 10.2. The maximum atomic E-state index is 11.6. The first-order valence-corrected chi connectivity index (χ1v) is 10.2. The van der Waals surface area contributed by atoms with Crippen molar-refractivity contribution < 1.29 is 14.6 Å². The number of halogens is 1. The second-order valence-corrected chi connectivity index (χ2v) is 8.16. The molecule has 0 aromatic carbocycles. The van der Waals surface area contributed by atoms with Crippen LogP contribution in [-0.2, 0) is 9.53 Å². The van der Waals surface area contributed by atoms with Gasteiger partial charge in [-0.1, -0.05) is 12.8 Å². The van der Waals surface area contributed by atoms with Crippen LogP contribution in [0.25, 0.3) is 0 Å². The number of unbranched alkanes of at least 4 members (excludes halogenated alkanes) is 3. The Labute approximate surface area is 182 Å². The zero-order chi connectivity index (χ0) is 19.4. The van der Waals surface area contributed by atoms with Gasteiger partial charge in [0.2, 0.25) is 0 Å². The lowest BCUT2D eigenvalue weighted by molar-refractivity contribution is -0.154. The molecule has 0 aromatic heterocycles. The number of esters is 1. The lowest BCUT2D eigenvalue weighted by atomic mass is 9.93. The molecule has 27 heavy (non-hydrogen) atoms. The lowest BCUT2D eigenvalue weighted by Gasteiger charge is -2.27. The number of aliphatic imine (C=N–C) groups is 1. The summed E-state index contributed by atoms with van der Waals surface area (Å²) in [7, 11) is 0. The number of hydrogen-bond donors (Lipinski definition) is 3. The smallest absolute Gasteiger partial charge is 0.306 e. The molecule has 0 radical (unpaired) electrons. The third-order valence-corrected chi connectivity index (χ3v) is 4.36. The maximum absolute atomic E-state index is 11.6. The number of carbonyl (C=O) groups is 1. The predicted octanol–water partition coefficient (Wildman–Crippen LogP) is 3.76. The van der Waals surface area contributed by atoms with Crippen LogP contribution in [0.2, 0.25) is 0 Å². The van der Waals surface area contributed by atoms with E-state index in [-0.39, 0.29) is 36.0 Å². The Kier molecular flexibility index (Phi) is 14.1. The van der Waals surface area contributed by atoms with Gasteiger partial charge in [0.15, 0.2) is 5.96 Å². The quantitative estimate of drug-likeness (QED) is 0.149. The van der Waals surface area contributed by atoms with E-state index in [0.29, 0.717) is 12.5 Å². The number of guanidine groups is 1. The standard InChI is InChI=1S/C20H39N3O3.HI/c1-5-21-19(23-16-11-13-17(24)14-12-16)22-15-9-7-6-8-10-18(25)26-20(2,3)4;/h16-17,24H,5-15H2,1-4H3,(H2,21,22,23);1H. The summed E-state index contributed by atoms with van der Waals surface area (Å²) in [6.45, 7) is 9.39. The minimum absolute atomic E-state index is 0. The molecule has 1 rings (SSSR count). The summed E-state index contributed by atoms with van der Waals surface area (Å²) in [6, 6.07) is 0.407. The van der Waals surface area contributed by atoms with Gasteiger partial charge in [0.05, 0.1) is 6.10 Å². The zero-order valence-electron chi connectivity index (χ0n) is 17.6. The molecule has 7 heteroatoms. The van der Waals surface area contributed by atoms with Crippen molar-refractivity contribution in [3.63, 3.8) is 0 Å². The molecule has 0 atom stereocenters. The summed E-state index contributed by atoms with van der Waals surface area (Å²) in [5.74, 6) is 0.773. The second-order valence-electron chi connectivity index (χ2n) is 8.16. The fraction of sp³-hybridized carbons (Fsp3) is 0.900. The molecule has 1 saturated carbocycles. The molecule has 0 aromatic rings. The van der Waals surface area contributed by atoms with Crippen LogP contribution in [0.5, 0.6) is 0 Å². The number of ether oxygens (including phenoxy) is 1. The van der Waals surface area contributed by atoms with Crippen molar-refractivity contribution in [1.29, 1.82) is 0 Å². The number of aliphatic hydroxyl groups is 1. The van der Waals surface area contributed by atoms with Crippen LogP contribution in [-0.4, -0.2) is 47.9 Å². The van der Waals surface area contributed by atoms with Gasteiger partial charge in [0, 0.05) is 25.6 Å². The Morgan fingerprint density at radius 1 is 1.11 bits per heavy atom. The highest BCUT2D eigenvalue weighted by molar-refractivity contribution is 14.0. The summed E-state index contributed by atoms with van der Waals surface area (Å²) in [6.07, 6.45) is 8.10. The fourth-order valence-electron chi connectivity index (χ4n) is 3.05. The van der Waals surface area contributed by atoms with Crippen LogP contribution < -0.4 is 10.6 Å². The number of carbonyl (C=O) groups excluding carboxylic acids is 1. The van der Waals surface area contributed by atoms with Gasteiger partial charge in [-0.05, 0) is 66.2 Å². The van der Waals surface area contributed by atoms with Crippen molar-refractivity contribution in [3.8, 4) is 0 Å². The van der Waals surface area contributed by atoms with Gasteiger partial charge < -0.3 is 20.5 Å². The molecule has 6 nitrogen and oxygen atoms in total. The lowest BCUT2D eigenvalue weighted by Crippen LogP contribution is -2.45. The zero-order valence-corrected chi connectivity index (χ0v) is 19.9. The van der Waals surface area contributed by atoms with Crippen molar-refractivity contribution in [1.82, 2.24) is 10.6 Å². The molecule has 0 bridgehead atoms. The van der Waals surface area contributed by atoms with Crippen LogP contribution in [0.1, 0.15) is 85.5 Å². The van der Waals surface area contributed by atoms with Gasteiger partial charge >= 0.3 is 5.97 Å². The van der Waals surface area contributed by atoms with Gasteiger partial charge in [-0.25, -0.2) is 0 Å². The van der Waals surface area contributed by atoms with E-state index < -0.39 is 5.60 Å². The Bertz CT molecular complexity index is 431. The first-order chi connectivity index (χ1) is 12.3. The molecule has 3 N–H and O–H groups in total. The Balaban J connectivity index is 0.00000676. The van der Waals surface area contributed by atoms with Crippen LogP contribution in [0.15, 0.2) is 4.99 Å². The van der Waals surface area contributed by atoms with E-state index in [4.69, 9.17) is 4.74 Å². The molecule has 0 aliphatic heterocycles. The van der Waals surface area contributed by atoms with Crippen molar-refractivity contribution in [2.24, 2.45) is 4.99 Å². The normalized spacial score (nSPS) is 20.6. The molecule has 0 spiro atoms. The van der Waals surface area contributed by atoms with E-state index in [1.165, 1.54) is 0 Å². The molecule has 0 amide bonds.